The van der Waals surface area contributed by atoms with Crippen LogP contribution >= 0.6 is 0 Å². The average Bonchev–Trinajstić information content (AvgIpc) is 3.13. The lowest BCUT2D eigenvalue weighted by Gasteiger charge is -2.09. The van der Waals surface area contributed by atoms with Crippen molar-refractivity contribution in [1.29, 1.82) is 0 Å². The Balaban J connectivity index is 1.45. The molecule has 0 spiro atoms. The first-order valence-electron chi connectivity index (χ1n) is 7.98. The molecule has 1 fully saturated rings. The Labute approximate surface area is 130 Å². The summed E-state index contributed by atoms with van der Waals surface area (Å²) < 4.78 is 0. The Morgan fingerprint density at radius 3 is 3.05 bits per heavy atom. The number of hydrogen-bond acceptors (Lipinski definition) is 4. The van der Waals surface area contributed by atoms with Crippen molar-refractivity contribution in [3.05, 3.63) is 30.1 Å². The van der Waals surface area contributed by atoms with Crippen LogP contribution in [0.2, 0.25) is 0 Å². The second-order valence-corrected chi connectivity index (χ2v) is 5.80. The van der Waals surface area contributed by atoms with E-state index in [0.717, 1.165) is 36.1 Å². The molecule has 1 amide bonds. The van der Waals surface area contributed by atoms with E-state index in [1.54, 1.807) is 0 Å². The van der Waals surface area contributed by atoms with Crippen molar-refractivity contribution in [2.45, 2.75) is 44.7 Å². The molecule has 2 heterocycles. The first kappa shape index (κ1) is 15.0. The summed E-state index contributed by atoms with van der Waals surface area (Å²) in [5, 5.41) is 2.98. The molecule has 1 aliphatic rings. The molecule has 6 nitrogen and oxygen atoms in total. The largest absolute Gasteiger partial charge is 0.354 e. The van der Waals surface area contributed by atoms with E-state index in [2.05, 4.69) is 33.1 Å². The molecule has 118 valence electrons. The lowest BCUT2D eigenvalue weighted by Crippen LogP contribution is -2.44. The number of benzene rings is 1. The number of aromatic nitrogens is 2. The van der Waals surface area contributed by atoms with E-state index in [-0.39, 0.29) is 11.9 Å². The number of nitrogens with one attached hydrogen (secondary N) is 4. The number of aromatic amines is 1. The summed E-state index contributed by atoms with van der Waals surface area (Å²) in [4.78, 5) is 19.9. The number of hydrazine groups is 1. The van der Waals surface area contributed by atoms with Gasteiger partial charge in [-0.1, -0.05) is 25.5 Å². The zero-order chi connectivity index (χ0) is 15.4. The summed E-state index contributed by atoms with van der Waals surface area (Å²) in [7, 11) is 0. The van der Waals surface area contributed by atoms with Crippen LogP contribution in [0.5, 0.6) is 0 Å². The highest BCUT2D eigenvalue weighted by atomic mass is 16.2. The maximum absolute atomic E-state index is 12.1. The van der Waals surface area contributed by atoms with Gasteiger partial charge in [-0.25, -0.2) is 10.4 Å². The van der Waals surface area contributed by atoms with Gasteiger partial charge in [0.25, 0.3) is 0 Å². The number of nitrogens with zero attached hydrogens (tertiary/aromatic N) is 1. The van der Waals surface area contributed by atoms with Crippen molar-refractivity contribution in [2.24, 2.45) is 0 Å². The Bertz CT molecular complexity index is 605. The van der Waals surface area contributed by atoms with Crippen LogP contribution in [0.15, 0.2) is 24.3 Å². The molecule has 0 bridgehead atoms. The van der Waals surface area contributed by atoms with E-state index in [1.165, 1.54) is 0 Å². The van der Waals surface area contributed by atoms with Gasteiger partial charge >= 0.3 is 0 Å². The fourth-order valence-corrected chi connectivity index (χ4v) is 2.88. The number of imidazole rings is 1. The lowest BCUT2D eigenvalue weighted by atomic mass is 10.1. The third-order valence-corrected chi connectivity index (χ3v) is 4.03. The van der Waals surface area contributed by atoms with Crippen molar-refractivity contribution < 1.29 is 4.79 Å². The zero-order valence-corrected chi connectivity index (χ0v) is 12.9. The summed E-state index contributed by atoms with van der Waals surface area (Å²) in [6.45, 7) is 2.75. The van der Waals surface area contributed by atoms with Crippen LogP contribution < -0.4 is 16.2 Å². The van der Waals surface area contributed by atoms with Crippen molar-refractivity contribution in [2.75, 3.05) is 6.54 Å². The predicted octanol–water partition coefficient (Wildman–Crippen LogP) is 1.26. The summed E-state index contributed by atoms with van der Waals surface area (Å²) in [5.41, 5.74) is 8.26. The molecule has 22 heavy (non-hydrogen) atoms. The van der Waals surface area contributed by atoms with Crippen LogP contribution in [0.1, 0.15) is 32.0 Å². The van der Waals surface area contributed by atoms with Crippen molar-refractivity contribution in [3.8, 4) is 0 Å². The minimum absolute atomic E-state index is 0.0576. The molecule has 0 saturated carbocycles. The topological polar surface area (TPSA) is 81.8 Å². The molecule has 2 atom stereocenters. The minimum Gasteiger partial charge on any atom is -0.354 e. The quantitative estimate of drug-likeness (QED) is 0.647. The molecule has 1 aromatic carbocycles. The normalized spacial score (nSPS) is 21.3. The molecule has 2 aromatic rings. The van der Waals surface area contributed by atoms with E-state index in [0.29, 0.717) is 19.0 Å². The molecule has 1 aromatic heterocycles. The number of H-pyrrole nitrogens is 1. The van der Waals surface area contributed by atoms with E-state index in [9.17, 15) is 4.79 Å². The summed E-state index contributed by atoms with van der Waals surface area (Å²) in [6.07, 6.45) is 3.78. The SMILES string of the molecule is CCCC1CC(C(=O)NCCc2nc3ccccc3[nH]2)NN1. The second-order valence-electron chi connectivity index (χ2n) is 5.80. The Morgan fingerprint density at radius 1 is 1.36 bits per heavy atom. The standard InChI is InChI=1S/C16H23N5O/c1-2-5-11-10-14(21-20-11)16(22)17-9-8-15-18-12-6-3-4-7-13(12)19-15/h3-4,6-7,11,14,20-21H,2,5,8-10H2,1H3,(H,17,22)(H,18,19). The molecular weight excluding hydrogens is 278 g/mol. The van der Waals surface area contributed by atoms with Gasteiger partial charge < -0.3 is 10.3 Å². The van der Waals surface area contributed by atoms with Crippen LogP contribution in [-0.2, 0) is 11.2 Å². The summed E-state index contributed by atoms with van der Waals surface area (Å²) in [6, 6.07) is 8.21. The monoisotopic (exact) mass is 301 g/mol. The van der Waals surface area contributed by atoms with E-state index in [4.69, 9.17) is 0 Å². The number of para-hydroxylation sites is 2. The zero-order valence-electron chi connectivity index (χ0n) is 12.9. The molecule has 0 aliphatic carbocycles. The molecule has 0 radical (unpaired) electrons. The van der Waals surface area contributed by atoms with Gasteiger partial charge in [0, 0.05) is 19.0 Å². The fraction of sp³-hybridized carbons (Fsp3) is 0.500. The van der Waals surface area contributed by atoms with Gasteiger partial charge in [-0.2, -0.15) is 0 Å². The number of carbonyl (C=O) groups is 1. The van der Waals surface area contributed by atoms with Gasteiger partial charge in [0.15, 0.2) is 0 Å². The van der Waals surface area contributed by atoms with Gasteiger partial charge in [-0.3, -0.25) is 10.2 Å². The number of carbonyl (C=O) groups excluding carboxylic acids is 1. The van der Waals surface area contributed by atoms with Gasteiger partial charge in [0.2, 0.25) is 5.91 Å². The summed E-state index contributed by atoms with van der Waals surface area (Å²) >= 11 is 0. The van der Waals surface area contributed by atoms with Gasteiger partial charge in [0.05, 0.1) is 11.0 Å². The number of amides is 1. The minimum atomic E-state index is -0.132. The number of hydrogen-bond donors (Lipinski definition) is 4. The third kappa shape index (κ3) is 3.45. The van der Waals surface area contributed by atoms with Crippen LogP contribution in [-0.4, -0.2) is 34.5 Å². The lowest BCUT2D eigenvalue weighted by molar-refractivity contribution is -0.122. The Morgan fingerprint density at radius 2 is 2.23 bits per heavy atom. The molecule has 2 unspecified atom stereocenters. The molecule has 1 saturated heterocycles. The van der Waals surface area contributed by atoms with Crippen LogP contribution in [0.3, 0.4) is 0 Å². The van der Waals surface area contributed by atoms with Crippen LogP contribution in [0, 0.1) is 0 Å². The molecule has 6 heteroatoms. The highest BCUT2D eigenvalue weighted by Gasteiger charge is 2.28. The first-order valence-corrected chi connectivity index (χ1v) is 7.98. The molecule has 3 rings (SSSR count). The number of fused-ring (bicyclic) bond motifs is 1. The first-order chi connectivity index (χ1) is 10.8. The van der Waals surface area contributed by atoms with Crippen LogP contribution in [0.4, 0.5) is 0 Å². The van der Waals surface area contributed by atoms with Crippen molar-refractivity contribution in [1.82, 2.24) is 26.1 Å². The van der Waals surface area contributed by atoms with Gasteiger partial charge in [0.1, 0.15) is 11.9 Å². The smallest absolute Gasteiger partial charge is 0.238 e. The number of rotatable bonds is 6. The van der Waals surface area contributed by atoms with Crippen molar-refractivity contribution >= 4 is 16.9 Å². The highest BCUT2D eigenvalue weighted by Crippen LogP contribution is 2.11. The van der Waals surface area contributed by atoms with E-state index in [1.807, 2.05) is 24.3 Å². The maximum Gasteiger partial charge on any atom is 0.238 e. The average molecular weight is 301 g/mol. The molecule has 4 N–H and O–H groups in total. The van der Waals surface area contributed by atoms with Crippen molar-refractivity contribution in [3.63, 3.8) is 0 Å². The second kappa shape index (κ2) is 6.89. The molecule has 1 aliphatic heterocycles. The maximum atomic E-state index is 12.1. The summed E-state index contributed by atoms with van der Waals surface area (Å²) in [5.74, 6) is 0.963. The third-order valence-electron chi connectivity index (χ3n) is 4.03. The predicted molar refractivity (Wildman–Crippen MR) is 86.2 cm³/mol. The fourth-order valence-electron chi connectivity index (χ4n) is 2.88. The Kier molecular flexibility index (Phi) is 4.70. The molecular formula is C16H23N5O. The van der Waals surface area contributed by atoms with E-state index >= 15 is 0 Å². The van der Waals surface area contributed by atoms with E-state index < -0.39 is 0 Å². The van der Waals surface area contributed by atoms with Gasteiger partial charge in [-0.05, 0) is 25.0 Å². The van der Waals surface area contributed by atoms with Gasteiger partial charge in [-0.15, -0.1) is 0 Å². The Hall–Kier alpha value is -1.92. The highest BCUT2D eigenvalue weighted by molar-refractivity contribution is 5.82. The van der Waals surface area contributed by atoms with Crippen LogP contribution in [0.25, 0.3) is 11.0 Å².